The maximum absolute atomic E-state index is 12.6. The second-order valence-corrected chi connectivity index (χ2v) is 9.09. The number of amides is 1. The summed E-state index contributed by atoms with van der Waals surface area (Å²) in [5, 5.41) is 29.7. The molecule has 220 valence electrons. The molecule has 0 saturated carbocycles. The van der Waals surface area contributed by atoms with Crippen LogP contribution in [0.15, 0.2) is 29.1 Å². The summed E-state index contributed by atoms with van der Waals surface area (Å²) in [6, 6.07) is 3.22. The van der Waals surface area contributed by atoms with E-state index >= 15 is 0 Å². The normalized spacial score (nSPS) is 15.2. The summed E-state index contributed by atoms with van der Waals surface area (Å²) in [6.45, 7) is 0.873. The first kappa shape index (κ1) is 30.4. The average Bonchev–Trinajstić information content (AvgIpc) is 2.92. The van der Waals surface area contributed by atoms with Crippen molar-refractivity contribution >= 4 is 52.9 Å². The summed E-state index contributed by atoms with van der Waals surface area (Å²) in [5.74, 6) is -5.10. The van der Waals surface area contributed by atoms with E-state index < -0.39 is 60.3 Å². The van der Waals surface area contributed by atoms with Crippen molar-refractivity contribution in [1.29, 1.82) is 0 Å². The molecule has 11 N–H and O–H groups in total. The molecule has 0 saturated heterocycles. The Morgan fingerprint density at radius 3 is 2.46 bits per heavy atom. The summed E-state index contributed by atoms with van der Waals surface area (Å²) in [7, 11) is 0. The summed E-state index contributed by atoms with van der Waals surface area (Å²) in [6.07, 6.45) is -1.51. The lowest BCUT2D eigenvalue weighted by molar-refractivity contribution is -0.160. The highest BCUT2D eigenvalue weighted by Gasteiger charge is 2.25. The van der Waals surface area contributed by atoms with E-state index in [-0.39, 0.29) is 36.1 Å². The Hall–Kier alpha value is -5.19. The second kappa shape index (κ2) is 13.7. The molecule has 0 bridgehead atoms. The molecule has 0 aliphatic carbocycles. The van der Waals surface area contributed by atoms with Crippen molar-refractivity contribution in [2.45, 2.75) is 43.8 Å². The van der Waals surface area contributed by atoms with Crippen LogP contribution in [0.4, 0.5) is 23.1 Å². The van der Waals surface area contributed by atoms with Crippen LogP contribution >= 0.6 is 0 Å². The number of rotatable bonds is 13. The van der Waals surface area contributed by atoms with Gasteiger partial charge in [0.15, 0.2) is 5.82 Å². The Morgan fingerprint density at radius 2 is 1.80 bits per heavy atom. The smallest absolute Gasteiger partial charge is 0.330 e. The van der Waals surface area contributed by atoms with E-state index in [1.54, 1.807) is 12.1 Å². The van der Waals surface area contributed by atoms with Crippen LogP contribution in [0.3, 0.4) is 0 Å². The van der Waals surface area contributed by atoms with Gasteiger partial charge in [-0.2, -0.15) is 4.98 Å². The van der Waals surface area contributed by atoms with Crippen LogP contribution < -0.4 is 38.3 Å². The van der Waals surface area contributed by atoms with Gasteiger partial charge in [0.25, 0.3) is 11.5 Å². The third-order valence-electron chi connectivity index (χ3n) is 5.93. The number of H-pyrrole nitrogens is 1. The van der Waals surface area contributed by atoms with Gasteiger partial charge >= 0.3 is 23.9 Å². The number of nitrogens with two attached hydrogens (primary N) is 2. The predicted octanol–water partition coefficient (Wildman–Crippen LogP) is -1.10. The fourth-order valence-corrected chi connectivity index (χ4v) is 3.73. The summed E-state index contributed by atoms with van der Waals surface area (Å²) in [5.41, 5.74) is 11.7. The molecule has 2 unspecified atom stereocenters. The number of nitrogen functional groups attached to an aromatic ring is 1. The molecule has 1 aliphatic heterocycles. The quantitative estimate of drug-likeness (QED) is 0.101. The van der Waals surface area contributed by atoms with Crippen molar-refractivity contribution in [2.75, 3.05) is 34.8 Å². The molecule has 3 atom stereocenters. The number of carboxylic acid groups (broad SMARTS) is 2. The summed E-state index contributed by atoms with van der Waals surface area (Å²) < 4.78 is 4.53. The molecule has 1 aromatic carbocycles. The van der Waals surface area contributed by atoms with E-state index in [0.29, 0.717) is 24.6 Å². The second-order valence-electron chi connectivity index (χ2n) is 9.09. The Labute approximate surface area is 232 Å². The largest absolute Gasteiger partial charge is 0.481 e. The molecule has 17 nitrogen and oxygen atoms in total. The maximum Gasteiger partial charge on any atom is 0.330 e. The third-order valence-corrected chi connectivity index (χ3v) is 5.93. The summed E-state index contributed by atoms with van der Waals surface area (Å²) >= 11 is 0. The number of aliphatic carboxylic acids is 2. The van der Waals surface area contributed by atoms with Crippen molar-refractivity contribution in [1.82, 2.24) is 15.3 Å². The fraction of sp³-hybridized carbons (Fsp3) is 0.375. The lowest BCUT2D eigenvalue weighted by Gasteiger charge is -2.27. The first-order valence-electron chi connectivity index (χ1n) is 12.4. The molecule has 1 amide bonds. The van der Waals surface area contributed by atoms with Gasteiger partial charge in [-0.1, -0.05) is 0 Å². The van der Waals surface area contributed by atoms with E-state index in [1.807, 2.05) is 0 Å². The van der Waals surface area contributed by atoms with Crippen LogP contribution in [0.25, 0.3) is 0 Å². The lowest BCUT2D eigenvalue weighted by atomic mass is 10.1. The minimum Gasteiger partial charge on any atom is -0.481 e. The number of nitrogens with one attached hydrogen (secondary N) is 5. The van der Waals surface area contributed by atoms with Crippen molar-refractivity contribution in [3.05, 3.63) is 40.2 Å². The SMILES string of the molecule is Nc1nc2c(c(=O)[nH]1)NC(CNc1ccc(C(=O)NC(CCC(=O)OC(=O)[C@@H](N)CCC(=O)O)C(=O)O)cc1)CN2. The van der Waals surface area contributed by atoms with Crippen molar-refractivity contribution < 1.29 is 38.9 Å². The number of esters is 2. The zero-order valence-electron chi connectivity index (χ0n) is 21.6. The number of carboxylic acids is 2. The molecule has 1 aliphatic rings. The first-order chi connectivity index (χ1) is 19.4. The molecule has 0 spiro atoms. The number of hydrogen-bond donors (Lipinski definition) is 9. The summed E-state index contributed by atoms with van der Waals surface area (Å²) in [4.78, 5) is 77.0. The number of aromatic amines is 1. The minimum atomic E-state index is -1.45. The molecule has 3 rings (SSSR count). The zero-order valence-corrected chi connectivity index (χ0v) is 21.6. The fourth-order valence-electron chi connectivity index (χ4n) is 3.73. The van der Waals surface area contributed by atoms with E-state index in [2.05, 4.69) is 36.0 Å². The topological polar surface area (TPSA) is 281 Å². The Morgan fingerprint density at radius 1 is 1.10 bits per heavy atom. The van der Waals surface area contributed by atoms with Crippen molar-refractivity contribution in [3.63, 3.8) is 0 Å². The minimum absolute atomic E-state index is 0.00403. The Bertz CT molecular complexity index is 1360. The molecule has 2 heterocycles. The lowest BCUT2D eigenvalue weighted by Crippen LogP contribution is -2.41. The van der Waals surface area contributed by atoms with Crippen molar-refractivity contribution in [2.24, 2.45) is 5.73 Å². The molecule has 17 heteroatoms. The van der Waals surface area contributed by atoms with Crippen molar-refractivity contribution in [3.8, 4) is 0 Å². The van der Waals surface area contributed by atoms with Gasteiger partial charge in [-0.3, -0.25) is 24.2 Å². The van der Waals surface area contributed by atoms with Gasteiger partial charge in [0.2, 0.25) is 5.95 Å². The number of anilines is 4. The zero-order chi connectivity index (χ0) is 30.1. The molecular formula is C24H30N8O9. The van der Waals surface area contributed by atoms with E-state index in [0.717, 1.165) is 0 Å². The molecule has 0 radical (unpaired) electrons. The number of nitrogens with zero attached hydrogens (tertiary/aromatic N) is 1. The van der Waals surface area contributed by atoms with E-state index in [1.165, 1.54) is 12.1 Å². The van der Waals surface area contributed by atoms with Gasteiger partial charge in [0.1, 0.15) is 17.8 Å². The van der Waals surface area contributed by atoms with Gasteiger partial charge in [-0.05, 0) is 37.1 Å². The number of aromatic nitrogens is 2. The monoisotopic (exact) mass is 574 g/mol. The Balaban J connectivity index is 1.46. The number of carbonyl (C=O) groups excluding carboxylic acids is 3. The highest BCUT2D eigenvalue weighted by molar-refractivity contribution is 5.97. The highest BCUT2D eigenvalue weighted by Crippen LogP contribution is 2.20. The predicted molar refractivity (Wildman–Crippen MR) is 144 cm³/mol. The van der Waals surface area contributed by atoms with Crippen LogP contribution in [0.2, 0.25) is 0 Å². The molecule has 0 fully saturated rings. The number of ether oxygens (including phenoxy) is 1. The third kappa shape index (κ3) is 8.92. The van der Waals surface area contributed by atoms with Crippen LogP contribution in [0.5, 0.6) is 0 Å². The highest BCUT2D eigenvalue weighted by atomic mass is 16.6. The van der Waals surface area contributed by atoms with Crippen LogP contribution in [-0.4, -0.2) is 81.2 Å². The van der Waals surface area contributed by atoms with Gasteiger partial charge in [-0.25, -0.2) is 9.59 Å². The van der Waals surface area contributed by atoms with Crippen LogP contribution in [0, 0.1) is 0 Å². The average molecular weight is 575 g/mol. The maximum atomic E-state index is 12.6. The van der Waals surface area contributed by atoms with Crippen LogP contribution in [-0.2, 0) is 23.9 Å². The molecular weight excluding hydrogens is 544 g/mol. The van der Waals surface area contributed by atoms with Gasteiger partial charge in [-0.15, -0.1) is 0 Å². The first-order valence-corrected chi connectivity index (χ1v) is 12.4. The number of fused-ring (bicyclic) bond motifs is 1. The van der Waals surface area contributed by atoms with Gasteiger partial charge < -0.3 is 47.7 Å². The molecule has 2 aromatic rings. The van der Waals surface area contributed by atoms with Gasteiger partial charge in [0, 0.05) is 37.2 Å². The Kier molecular flexibility index (Phi) is 10.2. The number of carbonyl (C=O) groups is 5. The van der Waals surface area contributed by atoms with Gasteiger partial charge in [0.05, 0.1) is 6.04 Å². The molecule has 41 heavy (non-hydrogen) atoms. The van der Waals surface area contributed by atoms with E-state index in [9.17, 15) is 33.9 Å². The standard InChI is InChI=1S/C24H30N8O9/c25-14(5-7-16(33)34)23(40)41-17(35)8-6-15(22(38)39)30-20(36)11-1-3-12(4-2-11)27-9-13-10-28-19-18(29-13)21(37)32-24(26)31-19/h1-4,13-15,27,29H,5-10,25H2,(H,30,36)(H,33,34)(H,38,39)(H4,26,28,31,32,37)/t13?,14-,15?/m0/s1. The number of benzene rings is 1. The van der Waals surface area contributed by atoms with Crippen LogP contribution in [0.1, 0.15) is 36.0 Å². The van der Waals surface area contributed by atoms with E-state index in [4.69, 9.17) is 16.6 Å². The number of hydrogen-bond acceptors (Lipinski definition) is 13. The molecule has 1 aromatic heterocycles.